The average Bonchev–Trinajstić information content (AvgIpc) is 2.98. The van der Waals surface area contributed by atoms with Crippen LogP contribution in [0.3, 0.4) is 0 Å². The molecule has 43 heavy (non-hydrogen) atoms. The molecule has 0 bridgehead atoms. The van der Waals surface area contributed by atoms with Gasteiger partial charge in [0.1, 0.15) is 24.1 Å². The summed E-state index contributed by atoms with van der Waals surface area (Å²) < 4.78 is 32.8. The van der Waals surface area contributed by atoms with E-state index in [0.29, 0.717) is 55.1 Å². The van der Waals surface area contributed by atoms with E-state index in [1.165, 1.54) is 41.4 Å². The first-order valence-electron chi connectivity index (χ1n) is 13.7. The maximum Gasteiger partial charge on any atom is 0.412 e. The number of urea groups is 2. The number of pyridine rings is 1. The van der Waals surface area contributed by atoms with Crippen molar-refractivity contribution in [3.8, 4) is 0 Å². The quantitative estimate of drug-likeness (QED) is 0.164. The van der Waals surface area contributed by atoms with Gasteiger partial charge in [0.2, 0.25) is 0 Å². The van der Waals surface area contributed by atoms with Gasteiger partial charge < -0.3 is 30.7 Å². The number of ether oxygens (including phenoxy) is 1. The first kappa shape index (κ1) is 33.3. The SMILES string of the molecule is CN(C(=O)NCc1cccc(F)c1Cl)[C@@H](CCCCNC(=O)NCCCO)COC(=O)Nc1cc2cc(F)ccc2cn1. The number of likely N-dealkylation sites (N-methyl/N-ethyl adjacent to an activating group) is 1. The highest BCUT2D eigenvalue weighted by molar-refractivity contribution is 6.31. The number of amides is 5. The van der Waals surface area contributed by atoms with Crippen molar-refractivity contribution in [2.24, 2.45) is 0 Å². The molecule has 2 aromatic carbocycles. The Morgan fingerprint density at radius 3 is 2.56 bits per heavy atom. The van der Waals surface area contributed by atoms with Crippen molar-refractivity contribution in [3.05, 3.63) is 70.9 Å². The Bertz CT molecular complexity index is 1400. The third kappa shape index (κ3) is 10.8. The molecular formula is C29H35ClF2N6O5. The van der Waals surface area contributed by atoms with Crippen molar-refractivity contribution in [1.29, 1.82) is 0 Å². The summed E-state index contributed by atoms with van der Waals surface area (Å²) in [6.45, 7) is 0.541. The number of nitrogens with zero attached hydrogens (tertiary/aromatic N) is 2. The van der Waals surface area contributed by atoms with Crippen LogP contribution >= 0.6 is 11.6 Å². The van der Waals surface area contributed by atoms with Crippen LogP contribution in [0.4, 0.5) is 29.0 Å². The number of nitrogens with one attached hydrogen (secondary N) is 4. The summed E-state index contributed by atoms with van der Waals surface area (Å²) in [4.78, 5) is 42.8. The number of carbonyl (C=O) groups excluding carboxylic acids is 3. The van der Waals surface area contributed by atoms with Crippen LogP contribution in [0.25, 0.3) is 10.8 Å². The molecule has 0 spiro atoms. The Kier molecular flexibility index (Phi) is 13.2. The number of aromatic nitrogens is 1. The number of hydrogen-bond donors (Lipinski definition) is 5. The van der Waals surface area contributed by atoms with Gasteiger partial charge in [0.25, 0.3) is 0 Å². The fourth-order valence-corrected chi connectivity index (χ4v) is 4.27. The molecule has 3 rings (SSSR count). The van der Waals surface area contributed by atoms with E-state index in [4.69, 9.17) is 21.4 Å². The molecule has 0 aliphatic heterocycles. The molecule has 11 nitrogen and oxygen atoms in total. The minimum atomic E-state index is -0.810. The standard InChI is InChI=1S/C29H35ClF2N6O5/c1-38(28(41)36-17-20-6-4-8-24(32)26(20)30)23(7-2-3-11-33-27(40)34-12-5-13-39)18-43-29(42)37-25-15-21-14-22(31)10-9-19(21)16-35-25/h4,6,8-10,14-16,23,39H,2-3,5,7,11-13,17-18H2,1H3,(H,36,41)(H2,33,34,40)(H,35,37,42)/t23-/m0/s1. The van der Waals surface area contributed by atoms with Crippen molar-refractivity contribution in [2.45, 2.75) is 38.3 Å². The van der Waals surface area contributed by atoms with Crippen LogP contribution in [0, 0.1) is 11.6 Å². The zero-order valence-electron chi connectivity index (χ0n) is 23.7. The van der Waals surface area contributed by atoms with Gasteiger partial charge in [0, 0.05) is 44.9 Å². The molecule has 0 radical (unpaired) electrons. The van der Waals surface area contributed by atoms with Gasteiger partial charge in [-0.25, -0.2) is 28.1 Å². The minimum Gasteiger partial charge on any atom is -0.447 e. The normalized spacial score (nSPS) is 11.5. The molecule has 1 atom stereocenters. The molecule has 0 aliphatic carbocycles. The molecule has 1 heterocycles. The fourth-order valence-electron chi connectivity index (χ4n) is 4.08. The lowest BCUT2D eigenvalue weighted by atomic mass is 10.1. The molecule has 14 heteroatoms. The summed E-state index contributed by atoms with van der Waals surface area (Å²) in [6, 6.07) is 8.65. The molecular weight excluding hydrogens is 586 g/mol. The number of hydrogen-bond acceptors (Lipinski definition) is 6. The molecule has 0 unspecified atom stereocenters. The largest absolute Gasteiger partial charge is 0.447 e. The van der Waals surface area contributed by atoms with E-state index in [-0.39, 0.29) is 36.6 Å². The van der Waals surface area contributed by atoms with Crippen LogP contribution < -0.4 is 21.3 Å². The number of fused-ring (bicyclic) bond motifs is 1. The number of anilines is 1. The van der Waals surface area contributed by atoms with E-state index in [1.54, 1.807) is 19.2 Å². The third-order valence-corrected chi connectivity index (χ3v) is 6.94. The number of aliphatic hydroxyl groups is 1. The van der Waals surface area contributed by atoms with Crippen molar-refractivity contribution in [1.82, 2.24) is 25.8 Å². The van der Waals surface area contributed by atoms with Gasteiger partial charge >= 0.3 is 18.2 Å². The van der Waals surface area contributed by atoms with Crippen LogP contribution in [-0.2, 0) is 11.3 Å². The molecule has 232 valence electrons. The Hall–Kier alpha value is -4.23. The zero-order chi connectivity index (χ0) is 31.2. The molecule has 0 fully saturated rings. The fraction of sp³-hybridized carbons (Fsp3) is 0.379. The third-order valence-electron chi connectivity index (χ3n) is 6.52. The van der Waals surface area contributed by atoms with Gasteiger partial charge in [0.15, 0.2) is 0 Å². The molecule has 0 aliphatic rings. The van der Waals surface area contributed by atoms with E-state index in [2.05, 4.69) is 26.3 Å². The monoisotopic (exact) mass is 620 g/mol. The number of halogens is 3. The Morgan fingerprint density at radius 1 is 1.02 bits per heavy atom. The van der Waals surface area contributed by atoms with Crippen molar-refractivity contribution in [2.75, 3.05) is 38.7 Å². The number of unbranched alkanes of at least 4 members (excludes halogenated alkanes) is 1. The maximum atomic E-state index is 13.8. The molecule has 1 aromatic heterocycles. The Morgan fingerprint density at radius 2 is 1.79 bits per heavy atom. The number of aliphatic hydroxyl groups excluding tert-OH is 1. The summed E-state index contributed by atoms with van der Waals surface area (Å²) in [5.74, 6) is -0.851. The van der Waals surface area contributed by atoms with Crippen molar-refractivity contribution < 1.29 is 33.0 Å². The highest BCUT2D eigenvalue weighted by atomic mass is 35.5. The Labute approximate surface area is 252 Å². The van der Waals surface area contributed by atoms with Gasteiger partial charge in [0.05, 0.1) is 11.1 Å². The minimum absolute atomic E-state index is 0.0165. The van der Waals surface area contributed by atoms with Gasteiger partial charge in [-0.2, -0.15) is 0 Å². The summed E-state index contributed by atoms with van der Waals surface area (Å²) in [5, 5.41) is 20.5. The topological polar surface area (TPSA) is 145 Å². The van der Waals surface area contributed by atoms with Crippen LogP contribution in [0.1, 0.15) is 31.2 Å². The van der Waals surface area contributed by atoms with Crippen LogP contribution in [0.2, 0.25) is 5.02 Å². The average molecular weight is 621 g/mol. The molecule has 5 N–H and O–H groups in total. The van der Waals surface area contributed by atoms with E-state index >= 15 is 0 Å². The number of rotatable bonds is 14. The highest BCUT2D eigenvalue weighted by Gasteiger charge is 2.22. The summed E-state index contributed by atoms with van der Waals surface area (Å²) in [7, 11) is 1.54. The second kappa shape index (κ2) is 17.0. The smallest absolute Gasteiger partial charge is 0.412 e. The lowest BCUT2D eigenvalue weighted by Gasteiger charge is -2.28. The first-order valence-corrected chi connectivity index (χ1v) is 14.1. The van der Waals surface area contributed by atoms with E-state index in [9.17, 15) is 23.2 Å². The van der Waals surface area contributed by atoms with Gasteiger partial charge in [-0.3, -0.25) is 5.32 Å². The second-order valence-electron chi connectivity index (χ2n) is 9.68. The number of carbonyl (C=O) groups is 3. The maximum absolute atomic E-state index is 13.8. The predicted octanol–water partition coefficient (Wildman–Crippen LogP) is 4.78. The van der Waals surface area contributed by atoms with Crippen LogP contribution in [-0.4, -0.2) is 72.5 Å². The van der Waals surface area contributed by atoms with Crippen LogP contribution in [0.5, 0.6) is 0 Å². The van der Waals surface area contributed by atoms with Gasteiger partial charge in [-0.15, -0.1) is 0 Å². The molecule has 3 aromatic rings. The zero-order valence-corrected chi connectivity index (χ0v) is 24.4. The van der Waals surface area contributed by atoms with Gasteiger partial charge in [-0.05, 0) is 67.0 Å². The number of benzene rings is 2. The van der Waals surface area contributed by atoms with Crippen molar-refractivity contribution >= 4 is 46.3 Å². The van der Waals surface area contributed by atoms with Crippen molar-refractivity contribution in [3.63, 3.8) is 0 Å². The van der Waals surface area contributed by atoms with E-state index in [0.717, 1.165) is 0 Å². The lowest BCUT2D eigenvalue weighted by molar-refractivity contribution is 0.113. The van der Waals surface area contributed by atoms with E-state index in [1.807, 2.05) is 0 Å². The molecule has 0 saturated carbocycles. The predicted molar refractivity (Wildman–Crippen MR) is 159 cm³/mol. The first-order chi connectivity index (χ1) is 20.7. The van der Waals surface area contributed by atoms with Crippen LogP contribution in [0.15, 0.2) is 48.7 Å². The highest BCUT2D eigenvalue weighted by Crippen LogP contribution is 2.20. The summed E-state index contributed by atoms with van der Waals surface area (Å²) in [5.41, 5.74) is 0.404. The van der Waals surface area contributed by atoms with Gasteiger partial charge in [-0.1, -0.05) is 23.7 Å². The molecule has 5 amide bonds. The van der Waals surface area contributed by atoms with E-state index < -0.39 is 29.8 Å². The summed E-state index contributed by atoms with van der Waals surface area (Å²) in [6.07, 6.45) is 2.74. The Balaban J connectivity index is 1.56. The second-order valence-corrected chi connectivity index (χ2v) is 10.1. The summed E-state index contributed by atoms with van der Waals surface area (Å²) >= 11 is 5.99. The lowest BCUT2D eigenvalue weighted by Crippen LogP contribution is -2.46. The molecule has 0 saturated heterocycles.